The van der Waals surface area contributed by atoms with Gasteiger partial charge in [0.1, 0.15) is 0 Å². The molecule has 0 saturated heterocycles. The third-order valence-corrected chi connectivity index (χ3v) is 0.882. The highest BCUT2D eigenvalue weighted by Gasteiger charge is 1.81. The highest BCUT2D eigenvalue weighted by molar-refractivity contribution is 7.85. The van der Waals surface area contributed by atoms with Gasteiger partial charge in [0, 0.05) is 19.4 Å². The van der Waals surface area contributed by atoms with E-state index in [0.29, 0.717) is 6.26 Å². The lowest BCUT2D eigenvalue weighted by Crippen LogP contribution is -2.17. The summed E-state index contributed by atoms with van der Waals surface area (Å²) in [6.07, 6.45) is 3.85. The molecule has 0 amide bonds. The Balaban J connectivity index is 0.000000252. The van der Waals surface area contributed by atoms with Crippen molar-refractivity contribution in [1.82, 2.24) is 9.55 Å². The van der Waals surface area contributed by atoms with Crippen LogP contribution in [-0.4, -0.2) is 28.8 Å². The zero-order valence-corrected chi connectivity index (χ0v) is 8.02. The first-order chi connectivity index (χ1) is 5.80. The molecule has 0 radical (unpaired) electrons. The van der Waals surface area contributed by atoms with E-state index in [2.05, 4.69) is 4.98 Å². The van der Waals surface area contributed by atoms with Crippen LogP contribution in [0.15, 0.2) is 23.3 Å². The lowest BCUT2D eigenvalue weighted by Gasteiger charge is -1.88. The molecule has 1 N–H and O–H groups in total. The molecule has 0 aliphatic carbocycles. The first-order valence-corrected chi connectivity index (χ1v) is 5.05. The summed E-state index contributed by atoms with van der Waals surface area (Å²) in [5.74, 6) is 0. The van der Waals surface area contributed by atoms with Gasteiger partial charge in [-0.15, -0.1) is 0 Å². The second-order valence-corrected chi connectivity index (χ2v) is 3.71. The first-order valence-electron chi connectivity index (χ1n) is 3.21. The molecule has 1 heterocycles. The lowest BCUT2D eigenvalue weighted by molar-refractivity contribution is 0.490. The third kappa shape index (κ3) is 8.70. The van der Waals surface area contributed by atoms with Gasteiger partial charge >= 0.3 is 5.69 Å². The summed E-state index contributed by atoms with van der Waals surface area (Å²) in [7, 11) is -2.00. The molecule has 1 rings (SSSR count). The number of rotatable bonds is 0. The molecule has 7 heteroatoms. The smallest absolute Gasteiger partial charge is 0.302 e. The quantitative estimate of drug-likeness (QED) is 0.566. The summed E-state index contributed by atoms with van der Waals surface area (Å²) in [5, 5.41) is 0. The van der Waals surface area contributed by atoms with Gasteiger partial charge in [0.05, 0.1) is 6.26 Å². The summed E-state index contributed by atoms with van der Waals surface area (Å²) in [6, 6.07) is 1.71. The van der Waals surface area contributed by atoms with Gasteiger partial charge in [-0.2, -0.15) is 8.42 Å². The molecule has 0 bridgehead atoms. The molecule has 74 valence electrons. The largest absolute Gasteiger partial charge is 0.347 e. The Morgan fingerprint density at radius 2 is 2.00 bits per heavy atom. The fourth-order valence-corrected chi connectivity index (χ4v) is 0.429. The number of aromatic nitrogens is 2. The molecular formula is C6H10N2O4S. The van der Waals surface area contributed by atoms with Gasteiger partial charge in [-0.3, -0.25) is 4.55 Å². The maximum absolute atomic E-state index is 10.5. The highest BCUT2D eigenvalue weighted by Crippen LogP contribution is 1.68. The molecule has 0 unspecified atom stereocenters. The van der Waals surface area contributed by atoms with E-state index < -0.39 is 10.1 Å². The minimum atomic E-state index is -3.67. The SMILES string of the molecule is CS(=O)(=O)O.Cn1cccnc1=O. The topological polar surface area (TPSA) is 89.3 Å². The van der Waals surface area contributed by atoms with Gasteiger partial charge in [-0.25, -0.2) is 9.78 Å². The van der Waals surface area contributed by atoms with E-state index >= 15 is 0 Å². The van der Waals surface area contributed by atoms with Crippen molar-refractivity contribution in [3.8, 4) is 0 Å². The molecule has 0 aliphatic rings. The number of hydrogen-bond donors (Lipinski definition) is 1. The van der Waals surface area contributed by atoms with E-state index in [1.807, 2.05) is 0 Å². The van der Waals surface area contributed by atoms with E-state index in [9.17, 15) is 13.2 Å². The van der Waals surface area contributed by atoms with Crippen LogP contribution < -0.4 is 5.69 Å². The van der Waals surface area contributed by atoms with Crippen LogP contribution in [0.4, 0.5) is 0 Å². The van der Waals surface area contributed by atoms with Crippen molar-refractivity contribution < 1.29 is 13.0 Å². The minimum Gasteiger partial charge on any atom is -0.302 e. The number of hydrogen-bond acceptors (Lipinski definition) is 4. The number of aryl methyl sites for hydroxylation is 1. The van der Waals surface area contributed by atoms with E-state index in [1.54, 1.807) is 19.3 Å². The van der Waals surface area contributed by atoms with Crippen molar-refractivity contribution in [2.24, 2.45) is 7.05 Å². The molecule has 0 fully saturated rings. The molecule has 1 aromatic heterocycles. The molecule has 0 aliphatic heterocycles. The maximum Gasteiger partial charge on any atom is 0.347 e. The van der Waals surface area contributed by atoms with Crippen LogP contribution in [0.1, 0.15) is 0 Å². The second-order valence-electron chi connectivity index (χ2n) is 2.25. The Labute approximate surface area is 75.6 Å². The maximum atomic E-state index is 10.5. The van der Waals surface area contributed by atoms with Gasteiger partial charge in [-0.1, -0.05) is 0 Å². The molecule has 6 nitrogen and oxygen atoms in total. The predicted octanol–water partition coefficient (Wildman–Crippen LogP) is -0.716. The average Bonchev–Trinajstić information content (AvgIpc) is 1.92. The molecule has 1 aromatic rings. The highest BCUT2D eigenvalue weighted by atomic mass is 32.2. The van der Waals surface area contributed by atoms with Crippen LogP contribution in [0.3, 0.4) is 0 Å². The summed E-state index contributed by atoms with van der Waals surface area (Å²) < 4.78 is 27.3. The van der Waals surface area contributed by atoms with E-state index in [-0.39, 0.29) is 5.69 Å². The Morgan fingerprint density at radius 1 is 1.54 bits per heavy atom. The Hall–Kier alpha value is -1.21. The third-order valence-electron chi connectivity index (χ3n) is 0.882. The number of nitrogens with zero attached hydrogens (tertiary/aromatic N) is 2. The lowest BCUT2D eigenvalue weighted by atomic mass is 10.7. The second kappa shape index (κ2) is 4.73. The van der Waals surface area contributed by atoms with E-state index in [4.69, 9.17) is 4.55 Å². The fraction of sp³-hybridized carbons (Fsp3) is 0.333. The van der Waals surface area contributed by atoms with Crippen LogP contribution in [0.5, 0.6) is 0 Å². The molecule has 13 heavy (non-hydrogen) atoms. The van der Waals surface area contributed by atoms with Crippen LogP contribution >= 0.6 is 0 Å². The van der Waals surface area contributed by atoms with Gasteiger partial charge in [0.15, 0.2) is 0 Å². The van der Waals surface area contributed by atoms with Crippen molar-refractivity contribution in [3.63, 3.8) is 0 Å². The van der Waals surface area contributed by atoms with E-state index in [0.717, 1.165) is 0 Å². The zero-order valence-electron chi connectivity index (χ0n) is 7.21. The summed E-state index contributed by atoms with van der Waals surface area (Å²) in [6.45, 7) is 0. The van der Waals surface area contributed by atoms with Gasteiger partial charge in [-0.05, 0) is 6.07 Å². The molecule has 0 saturated carbocycles. The van der Waals surface area contributed by atoms with Crippen molar-refractivity contribution in [1.29, 1.82) is 0 Å². The van der Waals surface area contributed by atoms with E-state index in [1.165, 1.54) is 10.8 Å². The Bertz CT molecular complexity index is 401. The van der Waals surface area contributed by atoms with Gasteiger partial charge in [0.2, 0.25) is 0 Å². The van der Waals surface area contributed by atoms with Crippen molar-refractivity contribution >= 4 is 10.1 Å². The Kier molecular flexibility index (Phi) is 4.29. The van der Waals surface area contributed by atoms with Crippen molar-refractivity contribution in [2.45, 2.75) is 0 Å². The average molecular weight is 206 g/mol. The van der Waals surface area contributed by atoms with Crippen molar-refractivity contribution in [2.75, 3.05) is 6.26 Å². The molecular weight excluding hydrogens is 196 g/mol. The zero-order chi connectivity index (χ0) is 10.5. The summed E-state index contributed by atoms with van der Waals surface area (Å²) in [5.41, 5.74) is -0.215. The van der Waals surface area contributed by atoms with Gasteiger partial charge in [0.25, 0.3) is 10.1 Å². The van der Waals surface area contributed by atoms with Crippen molar-refractivity contribution in [3.05, 3.63) is 28.9 Å². The first kappa shape index (κ1) is 11.8. The summed E-state index contributed by atoms with van der Waals surface area (Å²) in [4.78, 5) is 14.0. The molecule has 0 aromatic carbocycles. The predicted molar refractivity (Wildman–Crippen MR) is 47.0 cm³/mol. The fourth-order valence-electron chi connectivity index (χ4n) is 0.429. The Morgan fingerprint density at radius 3 is 2.23 bits per heavy atom. The monoisotopic (exact) mass is 206 g/mol. The van der Waals surface area contributed by atoms with Crippen LogP contribution in [0, 0.1) is 0 Å². The van der Waals surface area contributed by atoms with Crippen LogP contribution in [0.25, 0.3) is 0 Å². The van der Waals surface area contributed by atoms with Crippen LogP contribution in [-0.2, 0) is 17.2 Å². The minimum absolute atomic E-state index is 0.215. The van der Waals surface area contributed by atoms with Gasteiger partial charge < -0.3 is 4.57 Å². The summed E-state index contributed by atoms with van der Waals surface area (Å²) >= 11 is 0. The molecule has 0 spiro atoms. The standard InChI is InChI=1S/C5H6N2O.CH4O3S/c1-7-4-2-3-6-5(7)8;1-5(2,3)4/h2-4H,1H3;1H3,(H,2,3,4). The molecule has 0 atom stereocenters. The normalized spacial score (nSPS) is 10.1. The van der Waals surface area contributed by atoms with Crippen LogP contribution in [0.2, 0.25) is 0 Å².